The van der Waals surface area contributed by atoms with Gasteiger partial charge in [-0.05, 0) is 18.2 Å². The minimum atomic E-state index is -0.890. The predicted octanol–water partition coefficient (Wildman–Crippen LogP) is 4.26. The molecule has 1 atom stereocenters. The SMILES string of the molecule is CCCCCCCCCCCCCCCCCCC(C)[N+](C)(O)O.[Cl-]. The maximum absolute atomic E-state index is 9.40. The van der Waals surface area contributed by atoms with Crippen LogP contribution >= 0.6 is 0 Å². The maximum Gasteiger partial charge on any atom is 0.149 e. The van der Waals surface area contributed by atoms with E-state index in [1.54, 1.807) is 0 Å². The molecule has 0 saturated heterocycles. The van der Waals surface area contributed by atoms with Crippen LogP contribution in [-0.2, 0) is 0 Å². The molecule has 0 spiro atoms. The molecule has 2 N–H and O–H groups in total. The molecule has 0 bridgehead atoms. The number of quaternary nitrogens is 1. The highest BCUT2D eigenvalue weighted by atomic mass is 35.5. The molecule has 0 aromatic rings. The van der Waals surface area contributed by atoms with E-state index in [1.807, 2.05) is 6.92 Å². The van der Waals surface area contributed by atoms with Crippen LogP contribution < -0.4 is 12.4 Å². The third-order valence-electron chi connectivity index (χ3n) is 5.31. The smallest absolute Gasteiger partial charge is 0.149 e. The van der Waals surface area contributed by atoms with Crippen LogP contribution in [0.25, 0.3) is 0 Å². The van der Waals surface area contributed by atoms with Crippen LogP contribution in [0.1, 0.15) is 123 Å². The van der Waals surface area contributed by atoms with Crippen molar-refractivity contribution in [1.82, 2.24) is 0 Å². The molecule has 0 fully saturated rings. The lowest BCUT2D eigenvalue weighted by atomic mass is 10.0. The summed E-state index contributed by atoms with van der Waals surface area (Å²) in [5.41, 5.74) is 0. The van der Waals surface area contributed by atoms with Crippen LogP contribution in [0.3, 0.4) is 0 Å². The Kier molecular flexibility index (Phi) is 20.8. The molecule has 154 valence electrons. The first-order valence-corrected chi connectivity index (χ1v) is 10.8. The minimum absolute atomic E-state index is 0. The second-order valence-electron chi connectivity index (χ2n) is 7.92. The average molecular weight is 380 g/mol. The molecule has 0 saturated carbocycles. The third kappa shape index (κ3) is 20.3. The quantitative estimate of drug-likeness (QED) is 0.212. The van der Waals surface area contributed by atoms with Crippen molar-refractivity contribution in [3.63, 3.8) is 0 Å². The van der Waals surface area contributed by atoms with Gasteiger partial charge in [0.1, 0.15) is 13.1 Å². The summed E-state index contributed by atoms with van der Waals surface area (Å²) in [6.07, 6.45) is 22.9. The zero-order valence-corrected chi connectivity index (χ0v) is 18.1. The van der Waals surface area contributed by atoms with Gasteiger partial charge in [-0.2, -0.15) is 10.4 Å². The first-order valence-electron chi connectivity index (χ1n) is 10.8. The molecule has 0 aliphatic rings. The van der Waals surface area contributed by atoms with Crippen LogP contribution in [0.5, 0.6) is 0 Å². The van der Waals surface area contributed by atoms with Gasteiger partial charge in [0.2, 0.25) is 0 Å². The minimum Gasteiger partial charge on any atom is -1.00 e. The highest BCUT2D eigenvalue weighted by Crippen LogP contribution is 2.15. The Bertz CT molecular complexity index is 257. The van der Waals surface area contributed by atoms with Gasteiger partial charge in [-0.1, -0.05) is 103 Å². The summed E-state index contributed by atoms with van der Waals surface area (Å²) < 4.78 is 0. The standard InChI is InChI=1S/C21H46NO2.ClH/c1-4-5-6-7-8-9-10-11-12-13-14-15-16-17-18-19-20-21(2)22(3,23)24;/h21,23-24H,4-20H2,1-3H3;1H/q+1;/p-1. The van der Waals surface area contributed by atoms with E-state index >= 15 is 0 Å². The molecule has 3 nitrogen and oxygen atoms in total. The van der Waals surface area contributed by atoms with E-state index in [4.69, 9.17) is 0 Å². The van der Waals surface area contributed by atoms with Crippen molar-refractivity contribution < 1.29 is 27.6 Å². The Balaban J connectivity index is 0. The molecular weight excluding hydrogens is 334 g/mol. The number of unbranched alkanes of at least 4 members (excludes halogenated alkanes) is 15. The Morgan fingerprint density at radius 3 is 1.16 bits per heavy atom. The number of hydroxylamine groups is 4. The first-order chi connectivity index (χ1) is 11.5. The lowest BCUT2D eigenvalue weighted by Crippen LogP contribution is -3.00. The van der Waals surface area contributed by atoms with E-state index in [0.717, 1.165) is 12.8 Å². The summed E-state index contributed by atoms with van der Waals surface area (Å²) in [6.45, 7) is 4.17. The molecule has 0 heterocycles. The zero-order valence-electron chi connectivity index (χ0n) is 17.3. The van der Waals surface area contributed by atoms with Crippen LogP contribution in [0.15, 0.2) is 0 Å². The third-order valence-corrected chi connectivity index (χ3v) is 5.31. The summed E-state index contributed by atoms with van der Waals surface area (Å²) in [7, 11) is 1.43. The molecular formula is C21H46ClNO2. The number of hydrogen-bond acceptors (Lipinski definition) is 2. The van der Waals surface area contributed by atoms with Crippen LogP contribution in [0, 0.1) is 0 Å². The maximum atomic E-state index is 9.40. The Labute approximate surface area is 164 Å². The Morgan fingerprint density at radius 2 is 0.880 bits per heavy atom. The highest BCUT2D eigenvalue weighted by molar-refractivity contribution is 4.52. The lowest BCUT2D eigenvalue weighted by molar-refractivity contribution is -1.25. The summed E-state index contributed by atoms with van der Waals surface area (Å²) in [6, 6.07) is -0.0864. The fourth-order valence-electron chi connectivity index (χ4n) is 3.23. The normalized spacial score (nSPS) is 12.8. The summed E-state index contributed by atoms with van der Waals surface area (Å²) in [5, 5.41) is 18.8. The second kappa shape index (κ2) is 18.9. The largest absolute Gasteiger partial charge is 1.00 e. The van der Waals surface area contributed by atoms with E-state index in [-0.39, 0.29) is 18.4 Å². The van der Waals surface area contributed by atoms with E-state index in [2.05, 4.69) is 6.92 Å². The van der Waals surface area contributed by atoms with Crippen molar-refractivity contribution in [2.24, 2.45) is 0 Å². The fourth-order valence-corrected chi connectivity index (χ4v) is 3.23. The number of nitrogens with zero attached hydrogens (tertiary/aromatic N) is 1. The van der Waals surface area contributed by atoms with Crippen molar-refractivity contribution in [2.75, 3.05) is 7.05 Å². The monoisotopic (exact) mass is 379 g/mol. The van der Waals surface area contributed by atoms with Gasteiger partial charge in [-0.25, -0.2) is 0 Å². The Morgan fingerprint density at radius 1 is 0.600 bits per heavy atom. The molecule has 0 rings (SSSR count). The van der Waals surface area contributed by atoms with Gasteiger partial charge < -0.3 is 12.4 Å². The van der Waals surface area contributed by atoms with Gasteiger partial charge in [0, 0.05) is 6.42 Å². The van der Waals surface area contributed by atoms with E-state index in [9.17, 15) is 10.4 Å². The lowest BCUT2D eigenvalue weighted by Gasteiger charge is -2.23. The number of halogens is 1. The molecule has 25 heavy (non-hydrogen) atoms. The van der Waals surface area contributed by atoms with Crippen LogP contribution in [0.2, 0.25) is 0 Å². The molecule has 0 aliphatic carbocycles. The number of hydrogen-bond donors (Lipinski definition) is 2. The molecule has 0 aromatic carbocycles. The molecule has 4 heteroatoms. The van der Waals surface area contributed by atoms with Crippen LogP contribution in [0.4, 0.5) is 0 Å². The summed E-state index contributed by atoms with van der Waals surface area (Å²) >= 11 is 0. The van der Waals surface area contributed by atoms with Gasteiger partial charge in [-0.15, -0.1) is 0 Å². The fraction of sp³-hybridized carbons (Fsp3) is 1.00. The van der Waals surface area contributed by atoms with E-state index in [0.29, 0.717) is 0 Å². The van der Waals surface area contributed by atoms with Gasteiger partial charge in [-0.3, -0.25) is 0 Å². The van der Waals surface area contributed by atoms with Crippen molar-refractivity contribution in [3.8, 4) is 0 Å². The molecule has 0 radical (unpaired) electrons. The highest BCUT2D eigenvalue weighted by Gasteiger charge is 2.24. The predicted molar refractivity (Wildman–Crippen MR) is 103 cm³/mol. The molecule has 0 amide bonds. The topological polar surface area (TPSA) is 40.5 Å². The van der Waals surface area contributed by atoms with Gasteiger partial charge in [0.25, 0.3) is 0 Å². The van der Waals surface area contributed by atoms with Gasteiger partial charge >= 0.3 is 0 Å². The first kappa shape index (κ1) is 27.4. The van der Waals surface area contributed by atoms with Crippen molar-refractivity contribution in [3.05, 3.63) is 0 Å². The van der Waals surface area contributed by atoms with E-state index < -0.39 is 4.81 Å². The molecule has 1 unspecified atom stereocenters. The van der Waals surface area contributed by atoms with Crippen LogP contribution in [-0.4, -0.2) is 28.3 Å². The van der Waals surface area contributed by atoms with E-state index in [1.165, 1.54) is 103 Å². The second-order valence-corrected chi connectivity index (χ2v) is 7.92. The molecule has 0 aromatic heterocycles. The average Bonchev–Trinajstić information content (AvgIpc) is 2.53. The van der Waals surface area contributed by atoms with Crippen molar-refractivity contribution in [2.45, 2.75) is 129 Å². The van der Waals surface area contributed by atoms with Gasteiger partial charge in [0.15, 0.2) is 0 Å². The zero-order chi connectivity index (χ0) is 18.1. The van der Waals surface area contributed by atoms with Crippen molar-refractivity contribution >= 4 is 0 Å². The van der Waals surface area contributed by atoms with Crippen molar-refractivity contribution in [1.29, 1.82) is 0 Å². The summed E-state index contributed by atoms with van der Waals surface area (Å²) in [4.78, 5) is -0.890. The Hall–Kier alpha value is 0.170. The summed E-state index contributed by atoms with van der Waals surface area (Å²) in [5.74, 6) is 0. The van der Waals surface area contributed by atoms with Gasteiger partial charge in [0.05, 0.1) is 0 Å². The molecule has 0 aliphatic heterocycles. The number of rotatable bonds is 18.